The van der Waals surface area contributed by atoms with Gasteiger partial charge in [-0.2, -0.15) is 0 Å². The molecule has 0 radical (unpaired) electrons. The van der Waals surface area contributed by atoms with E-state index in [4.69, 9.17) is 10.1 Å². The number of nitrogens with zero attached hydrogens (tertiary/aromatic N) is 1. The lowest BCUT2D eigenvalue weighted by Gasteiger charge is -2.25. The van der Waals surface area contributed by atoms with Gasteiger partial charge in [-0.25, -0.2) is 0 Å². The monoisotopic (exact) mass is 230 g/mol. The van der Waals surface area contributed by atoms with Crippen LogP contribution in [0.3, 0.4) is 0 Å². The van der Waals surface area contributed by atoms with Gasteiger partial charge in [-0.15, -0.1) is 0 Å². The molecule has 2 atom stereocenters. The maximum atomic E-state index is 8.26. The number of nitrogens with one attached hydrogen (secondary N) is 1. The Labute approximate surface area is 102 Å². The van der Waals surface area contributed by atoms with Crippen LogP contribution in [-0.4, -0.2) is 30.0 Å². The van der Waals surface area contributed by atoms with Gasteiger partial charge in [0.15, 0.2) is 0 Å². The molecule has 0 aromatic heterocycles. The predicted octanol–water partition coefficient (Wildman–Crippen LogP) is 2.40. The van der Waals surface area contributed by atoms with Crippen molar-refractivity contribution in [3.63, 3.8) is 0 Å². The van der Waals surface area contributed by atoms with Gasteiger partial charge in [0.25, 0.3) is 0 Å². The topological polar surface area (TPSA) is 36.3 Å². The van der Waals surface area contributed by atoms with Gasteiger partial charge < -0.3 is 9.64 Å². The largest absolute Gasteiger partial charge is 0.381 e. The minimum absolute atomic E-state index is 0.386. The molecule has 3 heteroatoms. The van der Waals surface area contributed by atoms with Crippen molar-refractivity contribution in [1.29, 1.82) is 5.41 Å². The Hall–Kier alpha value is -1.35. The highest BCUT2D eigenvalue weighted by atomic mass is 16.5. The van der Waals surface area contributed by atoms with Crippen molar-refractivity contribution in [2.75, 3.05) is 7.11 Å². The molecule has 1 aliphatic carbocycles. The van der Waals surface area contributed by atoms with Crippen molar-refractivity contribution in [1.82, 2.24) is 4.90 Å². The summed E-state index contributed by atoms with van der Waals surface area (Å²) in [5.41, 5.74) is 2.40. The molecule has 3 nitrogen and oxygen atoms in total. The molecular weight excluding hydrogens is 212 g/mol. The molecule has 1 aliphatic heterocycles. The minimum atomic E-state index is 0.386. The second-order valence-electron chi connectivity index (χ2n) is 4.96. The zero-order valence-corrected chi connectivity index (χ0v) is 10.1. The quantitative estimate of drug-likeness (QED) is 0.847. The van der Waals surface area contributed by atoms with Crippen LogP contribution in [-0.2, 0) is 11.3 Å². The van der Waals surface area contributed by atoms with E-state index in [1.54, 1.807) is 7.11 Å². The first-order valence-electron chi connectivity index (χ1n) is 6.26. The molecule has 90 valence electrons. The van der Waals surface area contributed by atoms with E-state index in [1.165, 1.54) is 5.56 Å². The number of ether oxygens (including phenoxy) is 1. The van der Waals surface area contributed by atoms with Crippen LogP contribution in [0.1, 0.15) is 30.4 Å². The van der Waals surface area contributed by atoms with Crippen LogP contribution in [0.5, 0.6) is 0 Å². The average Bonchev–Trinajstić information content (AvgIpc) is 2.95. The zero-order valence-electron chi connectivity index (χ0n) is 10.1. The lowest BCUT2D eigenvalue weighted by atomic mass is 10.1. The first-order chi connectivity index (χ1) is 8.29. The summed E-state index contributed by atoms with van der Waals surface area (Å²) in [6, 6.07) is 8.75. The Bertz CT molecular complexity index is 444. The highest BCUT2D eigenvalue weighted by molar-refractivity contribution is 6.00. The average molecular weight is 230 g/mol. The number of fused-ring (bicyclic) bond motifs is 1. The molecular formula is C14H18N2O. The molecule has 1 heterocycles. The Balaban J connectivity index is 1.78. The van der Waals surface area contributed by atoms with Crippen molar-refractivity contribution in [2.45, 2.75) is 38.0 Å². The molecule has 0 spiro atoms. The van der Waals surface area contributed by atoms with E-state index in [9.17, 15) is 0 Å². The fourth-order valence-electron chi connectivity index (χ4n) is 3.03. The third-order valence-electron chi connectivity index (χ3n) is 4.03. The molecule has 3 rings (SSSR count). The number of amidine groups is 1. The van der Waals surface area contributed by atoms with Gasteiger partial charge in [-0.3, -0.25) is 5.41 Å². The van der Waals surface area contributed by atoms with Crippen LogP contribution in [0.15, 0.2) is 24.3 Å². The maximum Gasteiger partial charge on any atom is 0.128 e. The second-order valence-corrected chi connectivity index (χ2v) is 4.96. The molecule has 17 heavy (non-hydrogen) atoms. The molecule has 1 aromatic carbocycles. The maximum absolute atomic E-state index is 8.26. The molecule has 1 N–H and O–H groups in total. The summed E-state index contributed by atoms with van der Waals surface area (Å²) >= 11 is 0. The van der Waals surface area contributed by atoms with Gasteiger partial charge in [-0.05, 0) is 24.8 Å². The summed E-state index contributed by atoms with van der Waals surface area (Å²) in [7, 11) is 1.79. The van der Waals surface area contributed by atoms with Crippen molar-refractivity contribution in [3.05, 3.63) is 35.4 Å². The first kappa shape index (κ1) is 10.8. The van der Waals surface area contributed by atoms with Gasteiger partial charge >= 0.3 is 0 Å². The third-order valence-corrected chi connectivity index (χ3v) is 4.03. The third kappa shape index (κ3) is 1.75. The van der Waals surface area contributed by atoms with Crippen LogP contribution in [0.4, 0.5) is 0 Å². The van der Waals surface area contributed by atoms with E-state index in [-0.39, 0.29) is 0 Å². The van der Waals surface area contributed by atoms with Gasteiger partial charge in [0.05, 0.1) is 6.10 Å². The van der Waals surface area contributed by atoms with E-state index in [0.717, 1.165) is 31.4 Å². The minimum Gasteiger partial charge on any atom is -0.381 e. The van der Waals surface area contributed by atoms with E-state index >= 15 is 0 Å². The van der Waals surface area contributed by atoms with Crippen molar-refractivity contribution in [2.24, 2.45) is 0 Å². The van der Waals surface area contributed by atoms with Crippen LogP contribution in [0.25, 0.3) is 0 Å². The number of methoxy groups -OCH3 is 1. The molecule has 0 saturated heterocycles. The molecule has 0 bridgehead atoms. The standard InChI is InChI=1S/C14H18N2O/c1-17-12-7-6-11(8-12)16-9-10-4-2-3-5-13(10)14(16)15/h2-5,11-12,15H,6-9H2,1H3. The summed E-state index contributed by atoms with van der Waals surface area (Å²) in [6.07, 6.45) is 3.72. The number of rotatable bonds is 2. The highest BCUT2D eigenvalue weighted by Gasteiger charge is 2.34. The van der Waals surface area contributed by atoms with Crippen LogP contribution in [0.2, 0.25) is 0 Å². The molecule has 2 unspecified atom stereocenters. The molecule has 2 aliphatic rings. The highest BCUT2D eigenvalue weighted by Crippen LogP contribution is 2.32. The lowest BCUT2D eigenvalue weighted by Crippen LogP contribution is -2.34. The number of benzene rings is 1. The Morgan fingerprint density at radius 1 is 1.29 bits per heavy atom. The van der Waals surface area contributed by atoms with Crippen molar-refractivity contribution >= 4 is 5.84 Å². The van der Waals surface area contributed by atoms with E-state index in [0.29, 0.717) is 18.0 Å². The summed E-state index contributed by atoms with van der Waals surface area (Å²) in [5.74, 6) is 0.697. The van der Waals surface area contributed by atoms with Gasteiger partial charge in [-0.1, -0.05) is 24.3 Å². The Morgan fingerprint density at radius 3 is 2.82 bits per heavy atom. The van der Waals surface area contributed by atoms with E-state index in [2.05, 4.69) is 23.1 Å². The summed E-state index contributed by atoms with van der Waals surface area (Å²) < 4.78 is 5.42. The smallest absolute Gasteiger partial charge is 0.128 e. The first-order valence-corrected chi connectivity index (χ1v) is 6.26. The van der Waals surface area contributed by atoms with Gasteiger partial charge in [0, 0.05) is 25.3 Å². The Morgan fingerprint density at radius 2 is 2.12 bits per heavy atom. The predicted molar refractivity (Wildman–Crippen MR) is 67.2 cm³/mol. The number of hydrogen-bond acceptors (Lipinski definition) is 2. The summed E-state index contributed by atoms with van der Waals surface area (Å²) in [6.45, 7) is 0.899. The molecule has 1 aromatic rings. The lowest BCUT2D eigenvalue weighted by molar-refractivity contribution is 0.103. The zero-order chi connectivity index (χ0) is 11.8. The van der Waals surface area contributed by atoms with Crippen molar-refractivity contribution < 1.29 is 4.74 Å². The van der Waals surface area contributed by atoms with Crippen LogP contribution >= 0.6 is 0 Å². The summed E-state index contributed by atoms with van der Waals surface area (Å²) in [5, 5.41) is 8.26. The molecule has 1 fully saturated rings. The van der Waals surface area contributed by atoms with E-state index in [1.807, 2.05) is 6.07 Å². The summed E-state index contributed by atoms with van der Waals surface area (Å²) in [4.78, 5) is 2.24. The van der Waals surface area contributed by atoms with E-state index < -0.39 is 0 Å². The van der Waals surface area contributed by atoms with Gasteiger partial charge in [0.2, 0.25) is 0 Å². The SMILES string of the molecule is COC1CCC(N2Cc3ccccc3C2=N)C1. The fraction of sp³-hybridized carbons (Fsp3) is 0.500. The van der Waals surface area contributed by atoms with Crippen molar-refractivity contribution in [3.8, 4) is 0 Å². The Kier molecular flexibility index (Phi) is 2.63. The van der Waals surface area contributed by atoms with Crippen LogP contribution < -0.4 is 0 Å². The normalized spacial score (nSPS) is 27.6. The molecule has 1 saturated carbocycles. The second kappa shape index (κ2) is 4.15. The fourth-order valence-corrected chi connectivity index (χ4v) is 3.03. The van der Waals surface area contributed by atoms with Gasteiger partial charge in [0.1, 0.15) is 5.84 Å². The molecule has 0 amide bonds. The van der Waals surface area contributed by atoms with Crippen LogP contribution in [0, 0.1) is 5.41 Å². The number of hydrogen-bond donors (Lipinski definition) is 1.